The summed E-state index contributed by atoms with van der Waals surface area (Å²) in [6.45, 7) is 2.25. The van der Waals surface area contributed by atoms with Gasteiger partial charge in [-0.1, -0.05) is 29.3 Å². The molecule has 0 bridgehead atoms. The van der Waals surface area contributed by atoms with E-state index in [4.69, 9.17) is 28.9 Å². The second kappa shape index (κ2) is 6.60. The minimum Gasteiger partial charge on any atom is -0.342 e. The molecule has 3 nitrogen and oxygen atoms in total. The Bertz CT molecular complexity index is 465. The van der Waals surface area contributed by atoms with E-state index in [9.17, 15) is 4.79 Å². The molecule has 0 radical (unpaired) electrons. The van der Waals surface area contributed by atoms with Gasteiger partial charge in [-0.15, -0.1) is 0 Å². The summed E-state index contributed by atoms with van der Waals surface area (Å²) in [4.78, 5) is 14.1. The van der Waals surface area contributed by atoms with Gasteiger partial charge in [0.2, 0.25) is 5.91 Å². The summed E-state index contributed by atoms with van der Waals surface area (Å²) in [7, 11) is 0. The lowest BCUT2D eigenvalue weighted by molar-refractivity contribution is -0.132. The summed E-state index contributed by atoms with van der Waals surface area (Å²) in [6, 6.07) is 5.33. The number of likely N-dealkylation sites (tertiary alicyclic amines) is 1. The fourth-order valence-electron chi connectivity index (χ4n) is 2.42. The molecule has 2 rings (SSSR count). The van der Waals surface area contributed by atoms with E-state index in [0.717, 1.165) is 31.5 Å². The second-order valence-corrected chi connectivity index (χ2v) is 5.82. The highest BCUT2D eigenvalue weighted by molar-refractivity contribution is 6.42. The van der Waals surface area contributed by atoms with Crippen molar-refractivity contribution in [1.82, 2.24) is 4.90 Å². The van der Waals surface area contributed by atoms with Crippen molar-refractivity contribution in [2.45, 2.75) is 19.3 Å². The largest absolute Gasteiger partial charge is 0.342 e. The van der Waals surface area contributed by atoms with E-state index < -0.39 is 0 Å². The number of piperidine rings is 1. The Morgan fingerprint density at radius 3 is 2.84 bits per heavy atom. The van der Waals surface area contributed by atoms with Crippen LogP contribution in [0.2, 0.25) is 10.0 Å². The molecule has 104 valence electrons. The molecular formula is C14H18Cl2N2O. The fraction of sp³-hybridized carbons (Fsp3) is 0.500. The topological polar surface area (TPSA) is 46.3 Å². The third-order valence-corrected chi connectivity index (χ3v) is 4.28. The minimum atomic E-state index is 0.136. The molecule has 1 aliphatic rings. The van der Waals surface area contributed by atoms with Crippen molar-refractivity contribution >= 4 is 29.1 Å². The van der Waals surface area contributed by atoms with Crippen LogP contribution in [-0.2, 0) is 11.2 Å². The molecule has 2 N–H and O–H groups in total. The van der Waals surface area contributed by atoms with Crippen molar-refractivity contribution in [3.63, 3.8) is 0 Å². The third kappa shape index (κ3) is 3.85. The lowest BCUT2D eigenvalue weighted by Gasteiger charge is -2.32. The first-order valence-electron chi connectivity index (χ1n) is 6.52. The molecule has 5 heteroatoms. The van der Waals surface area contributed by atoms with Crippen LogP contribution in [0.3, 0.4) is 0 Å². The van der Waals surface area contributed by atoms with Crippen molar-refractivity contribution < 1.29 is 4.79 Å². The highest BCUT2D eigenvalue weighted by Crippen LogP contribution is 2.23. The molecule has 1 heterocycles. The molecule has 0 aromatic heterocycles. The van der Waals surface area contributed by atoms with Crippen molar-refractivity contribution in [1.29, 1.82) is 0 Å². The van der Waals surface area contributed by atoms with Crippen LogP contribution < -0.4 is 5.73 Å². The van der Waals surface area contributed by atoms with Crippen LogP contribution in [0.25, 0.3) is 0 Å². The zero-order valence-electron chi connectivity index (χ0n) is 10.7. The molecule has 1 saturated heterocycles. The summed E-state index contributed by atoms with van der Waals surface area (Å²) in [5.41, 5.74) is 6.58. The number of benzene rings is 1. The molecule has 0 aliphatic carbocycles. The van der Waals surface area contributed by atoms with Gasteiger partial charge in [0.15, 0.2) is 0 Å². The highest BCUT2D eigenvalue weighted by Gasteiger charge is 2.22. The lowest BCUT2D eigenvalue weighted by Crippen LogP contribution is -2.42. The fourth-order valence-corrected chi connectivity index (χ4v) is 2.74. The van der Waals surface area contributed by atoms with E-state index in [1.807, 2.05) is 11.0 Å². The average Bonchev–Trinajstić information content (AvgIpc) is 2.43. The molecule has 0 saturated carbocycles. The van der Waals surface area contributed by atoms with E-state index in [1.165, 1.54) is 0 Å². The molecule has 1 unspecified atom stereocenters. The predicted octanol–water partition coefficient (Wildman–Crippen LogP) is 2.73. The second-order valence-electron chi connectivity index (χ2n) is 5.01. The summed E-state index contributed by atoms with van der Waals surface area (Å²) < 4.78 is 0. The van der Waals surface area contributed by atoms with Crippen molar-refractivity contribution in [2.75, 3.05) is 19.6 Å². The lowest BCUT2D eigenvalue weighted by atomic mass is 9.97. The van der Waals surface area contributed by atoms with Crippen LogP contribution in [0.15, 0.2) is 18.2 Å². The van der Waals surface area contributed by atoms with Crippen LogP contribution in [-0.4, -0.2) is 30.4 Å². The predicted molar refractivity (Wildman–Crippen MR) is 78.5 cm³/mol. The highest BCUT2D eigenvalue weighted by atomic mass is 35.5. The van der Waals surface area contributed by atoms with Crippen molar-refractivity contribution in [3.05, 3.63) is 33.8 Å². The number of rotatable bonds is 3. The van der Waals surface area contributed by atoms with Crippen LogP contribution in [0, 0.1) is 5.92 Å². The van der Waals surface area contributed by atoms with Crippen LogP contribution >= 0.6 is 23.2 Å². The Morgan fingerprint density at radius 2 is 2.16 bits per heavy atom. The smallest absolute Gasteiger partial charge is 0.227 e. The number of nitrogens with two attached hydrogens (primary N) is 1. The first-order valence-corrected chi connectivity index (χ1v) is 7.27. The average molecular weight is 301 g/mol. The summed E-state index contributed by atoms with van der Waals surface area (Å²) in [5, 5.41) is 1.00. The van der Waals surface area contributed by atoms with Gasteiger partial charge in [-0.05, 0) is 43.0 Å². The minimum absolute atomic E-state index is 0.136. The SMILES string of the molecule is NCC1CCCN(C(=O)Cc2ccc(Cl)c(Cl)c2)C1. The molecular weight excluding hydrogens is 283 g/mol. The van der Waals surface area contributed by atoms with Gasteiger partial charge in [-0.25, -0.2) is 0 Å². The van der Waals surface area contributed by atoms with E-state index in [2.05, 4.69) is 0 Å². The quantitative estimate of drug-likeness (QED) is 0.933. The van der Waals surface area contributed by atoms with Gasteiger partial charge in [0.25, 0.3) is 0 Å². The monoisotopic (exact) mass is 300 g/mol. The van der Waals surface area contributed by atoms with Gasteiger partial charge in [0.1, 0.15) is 0 Å². The molecule has 1 aliphatic heterocycles. The molecule has 0 spiro atoms. The Labute approximate surface area is 123 Å². The Morgan fingerprint density at radius 1 is 1.37 bits per heavy atom. The molecule has 19 heavy (non-hydrogen) atoms. The number of nitrogens with zero attached hydrogens (tertiary/aromatic N) is 1. The molecule has 1 aromatic rings. The molecule has 1 fully saturated rings. The van der Waals surface area contributed by atoms with E-state index in [-0.39, 0.29) is 5.91 Å². The zero-order chi connectivity index (χ0) is 13.8. The van der Waals surface area contributed by atoms with Gasteiger partial charge < -0.3 is 10.6 Å². The van der Waals surface area contributed by atoms with E-state index in [0.29, 0.717) is 28.9 Å². The number of hydrogen-bond acceptors (Lipinski definition) is 2. The standard InChI is InChI=1S/C14H18Cl2N2O/c15-12-4-3-10(6-13(12)16)7-14(19)18-5-1-2-11(8-17)9-18/h3-4,6,11H,1-2,5,7-9,17H2. The van der Waals surface area contributed by atoms with E-state index >= 15 is 0 Å². The Hall–Kier alpha value is -0.770. The number of carbonyl (C=O) groups excluding carboxylic acids is 1. The Balaban J connectivity index is 1.98. The number of halogens is 2. The number of amides is 1. The maximum absolute atomic E-state index is 12.2. The number of hydrogen-bond donors (Lipinski definition) is 1. The van der Waals surface area contributed by atoms with Crippen LogP contribution in [0.5, 0.6) is 0 Å². The van der Waals surface area contributed by atoms with Gasteiger partial charge in [-0.3, -0.25) is 4.79 Å². The molecule has 1 amide bonds. The number of carbonyl (C=O) groups is 1. The van der Waals surface area contributed by atoms with E-state index in [1.54, 1.807) is 12.1 Å². The maximum atomic E-state index is 12.2. The first-order chi connectivity index (χ1) is 9.10. The van der Waals surface area contributed by atoms with Crippen molar-refractivity contribution in [3.8, 4) is 0 Å². The third-order valence-electron chi connectivity index (χ3n) is 3.54. The summed E-state index contributed by atoms with van der Waals surface area (Å²) in [5.74, 6) is 0.572. The maximum Gasteiger partial charge on any atom is 0.227 e. The van der Waals surface area contributed by atoms with Gasteiger partial charge >= 0.3 is 0 Å². The first kappa shape index (κ1) is 14.6. The van der Waals surface area contributed by atoms with Crippen LogP contribution in [0.4, 0.5) is 0 Å². The zero-order valence-corrected chi connectivity index (χ0v) is 12.3. The summed E-state index contributed by atoms with van der Waals surface area (Å²) >= 11 is 11.8. The van der Waals surface area contributed by atoms with Gasteiger partial charge in [0, 0.05) is 13.1 Å². The van der Waals surface area contributed by atoms with Crippen molar-refractivity contribution in [2.24, 2.45) is 11.7 Å². The van der Waals surface area contributed by atoms with Gasteiger partial charge in [0.05, 0.1) is 16.5 Å². The normalized spacial score (nSPS) is 19.5. The molecule has 1 aromatic carbocycles. The Kier molecular flexibility index (Phi) is 5.08. The molecule has 1 atom stereocenters. The van der Waals surface area contributed by atoms with Gasteiger partial charge in [-0.2, -0.15) is 0 Å². The summed E-state index contributed by atoms with van der Waals surface area (Å²) in [6.07, 6.45) is 2.52. The van der Waals surface area contributed by atoms with Crippen LogP contribution in [0.1, 0.15) is 18.4 Å².